The van der Waals surface area contributed by atoms with Gasteiger partial charge in [-0.1, -0.05) is 28.9 Å². The Balaban J connectivity index is 1.33. The van der Waals surface area contributed by atoms with Crippen molar-refractivity contribution in [1.29, 1.82) is 0 Å². The number of morpholine rings is 1. The van der Waals surface area contributed by atoms with E-state index in [2.05, 4.69) is 15.6 Å². The van der Waals surface area contributed by atoms with Crippen LogP contribution in [0.2, 0.25) is 5.02 Å². The van der Waals surface area contributed by atoms with Crippen molar-refractivity contribution in [2.24, 2.45) is 0 Å². The lowest BCUT2D eigenvalue weighted by atomic mass is 9.96. The summed E-state index contributed by atoms with van der Waals surface area (Å²) in [6, 6.07) is 13.2. The highest BCUT2D eigenvalue weighted by Gasteiger charge is 2.20. The molecule has 1 N–H and O–H groups in total. The van der Waals surface area contributed by atoms with Crippen molar-refractivity contribution in [3.05, 3.63) is 94.1 Å². The number of carbonyl (C=O) groups excluding carboxylic acids is 2. The Labute approximate surface area is 228 Å². The summed E-state index contributed by atoms with van der Waals surface area (Å²) < 4.78 is 34.0. The molecule has 1 aromatic heterocycles. The van der Waals surface area contributed by atoms with Crippen molar-refractivity contribution < 1.29 is 23.1 Å². The van der Waals surface area contributed by atoms with Crippen molar-refractivity contribution in [3.8, 4) is 11.3 Å². The first-order chi connectivity index (χ1) is 18.8. The highest BCUT2D eigenvalue weighted by Crippen LogP contribution is 2.29. The molecule has 1 aliphatic heterocycles. The second-order valence-electron chi connectivity index (χ2n) is 9.10. The van der Waals surface area contributed by atoms with Crippen LogP contribution in [0.25, 0.3) is 11.3 Å². The van der Waals surface area contributed by atoms with Gasteiger partial charge in [0.25, 0.3) is 0 Å². The number of rotatable bonds is 7. The number of nitrogens with one attached hydrogen (secondary N) is 1. The molecule has 0 spiro atoms. The quantitative estimate of drug-likeness (QED) is 0.325. The van der Waals surface area contributed by atoms with Crippen LogP contribution in [0.3, 0.4) is 0 Å². The molecule has 1 saturated heterocycles. The van der Waals surface area contributed by atoms with Crippen LogP contribution in [0.1, 0.15) is 21.5 Å². The van der Waals surface area contributed by atoms with Crippen LogP contribution < -0.4 is 5.32 Å². The number of ether oxygens (including phenoxy) is 1. The third-order valence-corrected chi connectivity index (χ3v) is 6.71. The lowest BCUT2D eigenvalue weighted by molar-refractivity contribution is -0.136. The number of aromatic nitrogens is 3. The number of halogens is 3. The zero-order valence-corrected chi connectivity index (χ0v) is 21.7. The van der Waals surface area contributed by atoms with Gasteiger partial charge in [0.15, 0.2) is 5.78 Å². The molecule has 1 amide bonds. The van der Waals surface area contributed by atoms with Gasteiger partial charge in [0, 0.05) is 41.5 Å². The summed E-state index contributed by atoms with van der Waals surface area (Å²) in [6.45, 7) is 4.01. The van der Waals surface area contributed by atoms with Crippen molar-refractivity contribution >= 4 is 34.7 Å². The second-order valence-corrected chi connectivity index (χ2v) is 9.50. The molecule has 0 aliphatic carbocycles. The lowest BCUT2D eigenvalue weighted by Gasteiger charge is -2.26. The average Bonchev–Trinajstić information content (AvgIpc) is 3.39. The van der Waals surface area contributed by atoms with Crippen molar-refractivity contribution in [1.82, 2.24) is 19.9 Å². The minimum atomic E-state index is -0.749. The fourth-order valence-corrected chi connectivity index (χ4v) is 4.52. The Morgan fingerprint density at radius 2 is 1.82 bits per heavy atom. The SMILES string of the molecule is Cc1ccc(-c2cn(CC(=O)N3CCOCC3)nn2)cc1C(=O)c1ccc(Nc2ccc(F)cc2F)cc1Cl. The molecular weight excluding hydrogens is 528 g/mol. The number of nitrogens with zero attached hydrogens (tertiary/aromatic N) is 4. The topological polar surface area (TPSA) is 89.3 Å². The fourth-order valence-electron chi connectivity index (χ4n) is 4.25. The maximum absolute atomic E-state index is 14.0. The fraction of sp³-hybridized carbons (Fsp3) is 0.214. The van der Waals surface area contributed by atoms with E-state index >= 15 is 0 Å². The van der Waals surface area contributed by atoms with Gasteiger partial charge in [0.2, 0.25) is 5.91 Å². The van der Waals surface area contributed by atoms with Gasteiger partial charge >= 0.3 is 0 Å². The Bertz CT molecular complexity index is 1550. The number of aryl methyl sites for hydroxylation is 1. The molecule has 1 fully saturated rings. The van der Waals surface area contributed by atoms with Crippen LogP contribution in [-0.2, 0) is 16.1 Å². The minimum absolute atomic E-state index is 0.0580. The summed E-state index contributed by atoms with van der Waals surface area (Å²) >= 11 is 6.45. The van der Waals surface area contributed by atoms with Crippen LogP contribution in [0.4, 0.5) is 20.2 Å². The maximum Gasteiger partial charge on any atom is 0.244 e. The molecule has 0 unspecified atom stereocenters. The van der Waals surface area contributed by atoms with Crippen molar-refractivity contribution in [3.63, 3.8) is 0 Å². The van der Waals surface area contributed by atoms with Crippen LogP contribution >= 0.6 is 11.6 Å². The molecule has 0 radical (unpaired) electrons. The molecule has 0 atom stereocenters. The summed E-state index contributed by atoms with van der Waals surface area (Å²) in [5.41, 5.74) is 3.14. The summed E-state index contributed by atoms with van der Waals surface area (Å²) in [6.07, 6.45) is 1.67. The Morgan fingerprint density at radius 3 is 2.56 bits per heavy atom. The second kappa shape index (κ2) is 11.3. The highest BCUT2D eigenvalue weighted by molar-refractivity contribution is 6.35. The van der Waals surface area contributed by atoms with E-state index in [1.807, 2.05) is 19.1 Å². The van der Waals surface area contributed by atoms with Gasteiger partial charge in [-0.2, -0.15) is 0 Å². The summed E-state index contributed by atoms with van der Waals surface area (Å²) in [5, 5.41) is 11.3. The largest absolute Gasteiger partial charge is 0.378 e. The number of anilines is 2. The minimum Gasteiger partial charge on any atom is -0.378 e. The number of hydrogen-bond donors (Lipinski definition) is 1. The van der Waals surface area contributed by atoms with Gasteiger partial charge < -0.3 is 15.0 Å². The van der Waals surface area contributed by atoms with Crippen molar-refractivity contribution in [2.75, 3.05) is 31.6 Å². The predicted octanol–water partition coefficient (Wildman–Crippen LogP) is 5.02. The number of amides is 1. The Kier molecular flexibility index (Phi) is 7.67. The van der Waals surface area contributed by atoms with Gasteiger partial charge in [-0.15, -0.1) is 5.10 Å². The van der Waals surface area contributed by atoms with Crippen LogP contribution in [0.15, 0.2) is 60.8 Å². The normalized spacial score (nSPS) is 13.4. The standard InChI is InChI=1S/C28H24ClF2N5O3/c1-17-2-3-18(26-15-36(34-33-26)16-27(37)35-8-10-39-11-9-35)12-22(17)28(38)21-6-5-20(14-23(21)29)32-25-7-4-19(30)13-24(25)31/h2-7,12-15,32H,8-11,16H2,1H3. The number of carbonyl (C=O) groups is 2. The molecule has 11 heteroatoms. The summed E-state index contributed by atoms with van der Waals surface area (Å²) in [5.74, 6) is -1.79. The first kappa shape index (κ1) is 26.5. The first-order valence-corrected chi connectivity index (χ1v) is 12.6. The average molecular weight is 552 g/mol. The Hall–Kier alpha value is -4.15. The van der Waals surface area contributed by atoms with E-state index in [0.717, 1.165) is 17.7 Å². The molecule has 8 nitrogen and oxygen atoms in total. The third kappa shape index (κ3) is 5.97. The van der Waals surface area contributed by atoms with E-state index in [0.29, 0.717) is 48.8 Å². The molecule has 1 aliphatic rings. The van der Waals surface area contributed by atoms with Gasteiger partial charge in [0.1, 0.15) is 23.9 Å². The third-order valence-electron chi connectivity index (χ3n) is 6.40. The molecule has 0 bridgehead atoms. The number of hydrogen-bond acceptors (Lipinski definition) is 6. The number of benzene rings is 3. The van der Waals surface area contributed by atoms with E-state index in [1.54, 1.807) is 29.3 Å². The van der Waals surface area contributed by atoms with Crippen LogP contribution in [-0.4, -0.2) is 57.9 Å². The monoisotopic (exact) mass is 551 g/mol. The lowest BCUT2D eigenvalue weighted by Crippen LogP contribution is -2.42. The molecule has 3 aromatic carbocycles. The molecular formula is C28H24ClF2N5O3. The Morgan fingerprint density at radius 1 is 1.03 bits per heavy atom. The predicted molar refractivity (Wildman–Crippen MR) is 142 cm³/mol. The zero-order valence-electron chi connectivity index (χ0n) is 21.0. The summed E-state index contributed by atoms with van der Waals surface area (Å²) in [4.78, 5) is 27.7. The zero-order chi connectivity index (χ0) is 27.5. The molecule has 200 valence electrons. The van der Waals surface area contributed by atoms with E-state index in [1.165, 1.54) is 16.8 Å². The van der Waals surface area contributed by atoms with Gasteiger partial charge in [0.05, 0.1) is 30.1 Å². The molecule has 4 aromatic rings. The van der Waals surface area contributed by atoms with Crippen molar-refractivity contribution in [2.45, 2.75) is 13.5 Å². The van der Waals surface area contributed by atoms with Gasteiger partial charge in [-0.05, 0) is 48.9 Å². The molecule has 39 heavy (non-hydrogen) atoms. The highest BCUT2D eigenvalue weighted by atomic mass is 35.5. The van der Waals surface area contributed by atoms with E-state index in [-0.39, 0.29) is 34.5 Å². The number of ketones is 1. The molecule has 5 rings (SSSR count). The van der Waals surface area contributed by atoms with Gasteiger partial charge in [-0.25, -0.2) is 13.5 Å². The van der Waals surface area contributed by atoms with Crippen LogP contribution in [0.5, 0.6) is 0 Å². The van der Waals surface area contributed by atoms with Gasteiger partial charge in [-0.3, -0.25) is 9.59 Å². The van der Waals surface area contributed by atoms with Crippen LogP contribution in [0, 0.1) is 18.6 Å². The van der Waals surface area contributed by atoms with E-state index in [4.69, 9.17) is 16.3 Å². The van der Waals surface area contributed by atoms with E-state index < -0.39 is 11.6 Å². The first-order valence-electron chi connectivity index (χ1n) is 12.2. The summed E-state index contributed by atoms with van der Waals surface area (Å²) in [7, 11) is 0. The maximum atomic E-state index is 14.0. The van der Waals surface area contributed by atoms with E-state index in [9.17, 15) is 18.4 Å². The molecule has 2 heterocycles. The smallest absolute Gasteiger partial charge is 0.244 e. The molecule has 0 saturated carbocycles.